The summed E-state index contributed by atoms with van der Waals surface area (Å²) in [6, 6.07) is 10.7. The van der Waals surface area contributed by atoms with Crippen LogP contribution in [0.15, 0.2) is 36.4 Å². The fraction of sp³-hybridized carbons (Fsp3) is 0.318. The number of carbonyl (C=O) groups is 1. The number of aromatic nitrogens is 1. The van der Waals surface area contributed by atoms with Crippen LogP contribution >= 0.6 is 11.6 Å². The monoisotopic (exact) mass is 414 g/mol. The molecule has 1 saturated heterocycles. The largest absolute Gasteiger partial charge is 0.370 e. The zero-order valence-electron chi connectivity index (χ0n) is 16.7. The van der Waals surface area contributed by atoms with Crippen molar-refractivity contribution in [3.05, 3.63) is 58.5 Å². The Hall–Kier alpha value is -2.57. The summed E-state index contributed by atoms with van der Waals surface area (Å²) in [7, 11) is 4.17. The van der Waals surface area contributed by atoms with Gasteiger partial charge in [-0.25, -0.2) is 4.39 Å². The van der Waals surface area contributed by atoms with Crippen LogP contribution in [0.5, 0.6) is 0 Å². The van der Waals surface area contributed by atoms with E-state index >= 15 is 0 Å². The number of hydrogen-bond acceptors (Lipinski definition) is 3. The molecule has 152 valence electrons. The van der Waals surface area contributed by atoms with Gasteiger partial charge in [0.1, 0.15) is 11.5 Å². The van der Waals surface area contributed by atoms with Gasteiger partial charge in [-0.2, -0.15) is 0 Å². The molecular formula is C22H24ClFN4O. The second kappa shape index (κ2) is 7.69. The van der Waals surface area contributed by atoms with Gasteiger partial charge in [-0.05, 0) is 63.3 Å². The molecule has 0 saturated carbocycles. The number of aromatic amines is 1. The molecule has 2 heterocycles. The number of fused-ring (bicyclic) bond motifs is 1. The number of nitrogens with one attached hydrogen (secondary N) is 2. The number of benzene rings is 2. The Morgan fingerprint density at radius 2 is 2.07 bits per heavy atom. The maximum Gasteiger partial charge on any atom is 0.272 e. The maximum absolute atomic E-state index is 14.1. The van der Waals surface area contributed by atoms with Gasteiger partial charge in [0.25, 0.3) is 5.91 Å². The number of anilines is 2. The average molecular weight is 415 g/mol. The van der Waals surface area contributed by atoms with Crippen molar-refractivity contribution in [1.82, 2.24) is 9.88 Å². The second-order valence-electron chi connectivity index (χ2n) is 7.84. The molecule has 0 spiro atoms. The van der Waals surface area contributed by atoms with Crippen molar-refractivity contribution in [1.29, 1.82) is 0 Å². The van der Waals surface area contributed by atoms with Crippen LogP contribution in [0.3, 0.4) is 0 Å². The van der Waals surface area contributed by atoms with Gasteiger partial charge in [0.15, 0.2) is 0 Å². The fourth-order valence-electron chi connectivity index (χ4n) is 3.87. The molecule has 2 aromatic carbocycles. The highest BCUT2D eigenvalue weighted by Gasteiger charge is 2.24. The Labute approximate surface area is 174 Å². The van der Waals surface area contributed by atoms with Crippen molar-refractivity contribution in [3.8, 4) is 0 Å². The number of halogens is 2. The summed E-state index contributed by atoms with van der Waals surface area (Å²) in [6.07, 6.45) is 1.08. The first-order valence-corrected chi connectivity index (χ1v) is 10.0. The third-order valence-electron chi connectivity index (χ3n) is 5.59. The quantitative estimate of drug-likeness (QED) is 0.652. The normalized spacial score (nSPS) is 16.8. The zero-order chi connectivity index (χ0) is 20.7. The van der Waals surface area contributed by atoms with Gasteiger partial charge < -0.3 is 20.1 Å². The minimum atomic E-state index is -0.351. The van der Waals surface area contributed by atoms with E-state index in [1.165, 1.54) is 6.07 Å². The molecule has 4 rings (SSSR count). The topological polar surface area (TPSA) is 51.4 Å². The van der Waals surface area contributed by atoms with Gasteiger partial charge in [-0.1, -0.05) is 17.7 Å². The molecule has 3 aromatic rings. The zero-order valence-corrected chi connectivity index (χ0v) is 17.5. The van der Waals surface area contributed by atoms with Crippen LogP contribution in [0.4, 0.5) is 15.8 Å². The second-order valence-corrected chi connectivity index (χ2v) is 8.28. The molecular weight excluding hydrogens is 391 g/mol. The molecule has 7 heteroatoms. The van der Waals surface area contributed by atoms with E-state index in [0.29, 0.717) is 33.3 Å². The number of hydrogen-bond donors (Lipinski definition) is 2. The number of rotatable bonds is 4. The molecule has 1 aliphatic rings. The number of H-pyrrole nitrogens is 1. The Morgan fingerprint density at radius 3 is 2.76 bits per heavy atom. The highest BCUT2D eigenvalue weighted by Crippen LogP contribution is 2.29. The number of aryl methyl sites for hydroxylation is 1. The van der Waals surface area contributed by atoms with Crippen LogP contribution in [-0.2, 0) is 0 Å². The molecule has 0 bridgehead atoms. The molecule has 0 radical (unpaired) electrons. The van der Waals surface area contributed by atoms with E-state index in [4.69, 9.17) is 11.6 Å². The van der Waals surface area contributed by atoms with E-state index in [9.17, 15) is 9.18 Å². The number of carbonyl (C=O) groups excluding carboxylic acids is 1. The Balaban J connectivity index is 1.57. The number of likely N-dealkylation sites (N-methyl/N-ethyl adjacent to an activating group) is 1. The van der Waals surface area contributed by atoms with E-state index < -0.39 is 0 Å². The predicted molar refractivity (Wildman–Crippen MR) is 117 cm³/mol. The lowest BCUT2D eigenvalue weighted by atomic mass is 10.1. The summed E-state index contributed by atoms with van der Waals surface area (Å²) >= 11 is 6.32. The molecule has 2 N–H and O–H groups in total. The summed E-state index contributed by atoms with van der Waals surface area (Å²) in [5, 5.41) is 3.85. The van der Waals surface area contributed by atoms with Gasteiger partial charge in [-0.3, -0.25) is 4.79 Å². The molecule has 1 unspecified atom stereocenters. The van der Waals surface area contributed by atoms with Gasteiger partial charge in [0.05, 0.1) is 5.52 Å². The van der Waals surface area contributed by atoms with Crippen LogP contribution in [-0.4, -0.2) is 49.0 Å². The Morgan fingerprint density at radius 1 is 1.28 bits per heavy atom. The molecule has 1 amide bonds. The summed E-state index contributed by atoms with van der Waals surface area (Å²) in [5.74, 6) is -0.684. The van der Waals surface area contributed by atoms with Crippen LogP contribution in [0, 0.1) is 12.7 Å². The first-order chi connectivity index (χ1) is 13.8. The predicted octanol–water partition coefficient (Wildman–Crippen LogP) is 4.66. The van der Waals surface area contributed by atoms with Crippen molar-refractivity contribution in [3.63, 3.8) is 0 Å². The van der Waals surface area contributed by atoms with E-state index in [2.05, 4.69) is 34.2 Å². The SMILES string of the molecule is Cc1ccc(F)c2cc(C(=O)Nc3cc(Cl)cc(N4CCC(N(C)C)C4)c3)[nH]c12. The molecule has 29 heavy (non-hydrogen) atoms. The lowest BCUT2D eigenvalue weighted by Gasteiger charge is -2.22. The van der Waals surface area contributed by atoms with Gasteiger partial charge in [0.2, 0.25) is 0 Å². The number of nitrogens with zero attached hydrogens (tertiary/aromatic N) is 2. The van der Waals surface area contributed by atoms with Crippen molar-refractivity contribution in [2.75, 3.05) is 37.4 Å². The minimum absolute atomic E-state index is 0.309. The van der Waals surface area contributed by atoms with Crippen molar-refractivity contribution < 1.29 is 9.18 Å². The minimum Gasteiger partial charge on any atom is -0.370 e. The van der Waals surface area contributed by atoms with Gasteiger partial charge in [-0.15, -0.1) is 0 Å². The maximum atomic E-state index is 14.1. The first kappa shape index (κ1) is 19.7. The van der Waals surface area contributed by atoms with Crippen LogP contribution in [0.1, 0.15) is 22.5 Å². The molecule has 5 nitrogen and oxygen atoms in total. The summed E-state index contributed by atoms with van der Waals surface area (Å²) in [4.78, 5) is 20.3. The highest BCUT2D eigenvalue weighted by atomic mass is 35.5. The van der Waals surface area contributed by atoms with E-state index in [-0.39, 0.29) is 11.7 Å². The fourth-order valence-corrected chi connectivity index (χ4v) is 4.10. The third kappa shape index (κ3) is 3.95. The lowest BCUT2D eigenvalue weighted by Crippen LogP contribution is -2.31. The van der Waals surface area contributed by atoms with E-state index in [0.717, 1.165) is 30.8 Å². The van der Waals surface area contributed by atoms with E-state index in [1.807, 2.05) is 19.1 Å². The highest BCUT2D eigenvalue weighted by molar-refractivity contribution is 6.31. The van der Waals surface area contributed by atoms with Crippen LogP contribution in [0.2, 0.25) is 5.02 Å². The number of amides is 1. The van der Waals surface area contributed by atoms with E-state index in [1.54, 1.807) is 18.2 Å². The molecule has 0 aliphatic carbocycles. The Bertz CT molecular complexity index is 1040. The summed E-state index contributed by atoms with van der Waals surface area (Å²) in [6.45, 7) is 3.73. The molecule has 1 aliphatic heterocycles. The molecule has 1 fully saturated rings. The van der Waals surface area contributed by atoms with Gasteiger partial charge in [0, 0.05) is 40.9 Å². The standard InChI is InChI=1S/C22H24ClFN4O/c1-13-4-5-19(24)18-11-20(26-21(13)18)22(29)25-15-8-14(23)9-17(10-15)28-7-6-16(12-28)27(2)3/h4-5,8-11,16,26H,6-7,12H2,1-3H3,(H,25,29). The van der Waals surface area contributed by atoms with Crippen molar-refractivity contribution >= 4 is 39.8 Å². The Kier molecular flexibility index (Phi) is 5.23. The van der Waals surface area contributed by atoms with Crippen LogP contribution in [0.25, 0.3) is 10.9 Å². The molecule has 1 atom stereocenters. The van der Waals surface area contributed by atoms with Crippen LogP contribution < -0.4 is 10.2 Å². The third-order valence-corrected chi connectivity index (χ3v) is 5.81. The molecule has 1 aromatic heterocycles. The summed E-state index contributed by atoms with van der Waals surface area (Å²) < 4.78 is 14.1. The van der Waals surface area contributed by atoms with Gasteiger partial charge >= 0.3 is 0 Å². The first-order valence-electron chi connectivity index (χ1n) is 9.63. The summed E-state index contributed by atoms with van der Waals surface area (Å²) in [5.41, 5.74) is 3.42. The van der Waals surface area contributed by atoms with Crippen molar-refractivity contribution in [2.45, 2.75) is 19.4 Å². The lowest BCUT2D eigenvalue weighted by molar-refractivity contribution is 0.102. The smallest absolute Gasteiger partial charge is 0.272 e. The average Bonchev–Trinajstić information content (AvgIpc) is 3.32. The van der Waals surface area contributed by atoms with Crippen molar-refractivity contribution in [2.24, 2.45) is 0 Å².